The molecular weight excluding hydrogens is 325 g/mol. The third kappa shape index (κ3) is 4.98. The van der Waals surface area contributed by atoms with Crippen LogP contribution in [0.1, 0.15) is 0 Å². The van der Waals surface area contributed by atoms with Crippen molar-refractivity contribution in [3.05, 3.63) is 0 Å². The molecule has 0 saturated heterocycles. The molecule has 0 aromatic rings. The summed E-state index contributed by atoms with van der Waals surface area (Å²) in [4.78, 5) is 0. The Kier molecular flexibility index (Phi) is 7.19. The van der Waals surface area contributed by atoms with Crippen LogP contribution in [-0.2, 0) is 35.3 Å². The highest BCUT2D eigenvalue weighted by Crippen LogP contribution is 1.78. The van der Waals surface area contributed by atoms with Crippen LogP contribution in [0.2, 0.25) is 0 Å². The zero-order valence-electron chi connectivity index (χ0n) is 6.77. The predicted molar refractivity (Wildman–Crippen MR) is 46.2 cm³/mol. The van der Waals surface area contributed by atoms with E-state index in [1.54, 1.807) is 0 Å². The summed E-state index contributed by atoms with van der Waals surface area (Å²) in [6.07, 6.45) is 0. The van der Waals surface area contributed by atoms with Crippen molar-refractivity contribution in [3.63, 3.8) is 0 Å². The van der Waals surface area contributed by atoms with Crippen LogP contribution in [0.4, 0.5) is 0 Å². The summed E-state index contributed by atoms with van der Waals surface area (Å²) in [6, 6.07) is 0. The zero-order chi connectivity index (χ0) is 12.0. The molecule has 0 fully saturated rings. The Labute approximate surface area is 93.3 Å². The highest BCUT2D eigenvalue weighted by molar-refractivity contribution is 7.48. The molecule has 0 aliphatic carbocycles. The molecule has 15 heavy (non-hydrogen) atoms. The van der Waals surface area contributed by atoms with Gasteiger partial charge in [0, 0.05) is 0 Å². The summed E-state index contributed by atoms with van der Waals surface area (Å²) >= 11 is 0. The Morgan fingerprint density at radius 1 is 0.733 bits per heavy atom. The van der Waals surface area contributed by atoms with Gasteiger partial charge in [0.2, 0.25) is 0 Å². The largest absolute Gasteiger partial charge is 0.539 e. The predicted octanol–water partition coefficient (Wildman–Crippen LogP) is -3.57. The van der Waals surface area contributed by atoms with Gasteiger partial charge in [0.15, 0.2) is 0 Å². The summed E-state index contributed by atoms with van der Waals surface area (Å²) in [5.41, 5.74) is 0. The first-order valence-electron chi connectivity index (χ1n) is 3.09. The third-order valence-corrected chi connectivity index (χ3v) is 22.2. The molecule has 0 spiro atoms. The van der Waals surface area contributed by atoms with Crippen molar-refractivity contribution in [1.82, 2.24) is 0 Å². The first kappa shape index (κ1) is 14.9. The van der Waals surface area contributed by atoms with Gasteiger partial charge in [-0.05, 0) is 0 Å². The van der Waals surface area contributed by atoms with Gasteiger partial charge >= 0.3 is 57.9 Å². The molecule has 2 radical (unpaired) electrons. The minimum atomic E-state index is -3.37. The Bertz CT molecular complexity index is 376. The van der Waals surface area contributed by atoms with Gasteiger partial charge in [0.05, 0.1) is 0 Å². The van der Waals surface area contributed by atoms with Crippen molar-refractivity contribution >= 4 is 57.9 Å². The highest BCUT2D eigenvalue weighted by atomic mass is 29.8. The standard InChI is InChI=1S/O8Si7/c1-9-13(5)11(3)8-12(4)15(7)14(6)10-2. The molecule has 0 bridgehead atoms. The molecule has 0 rings (SSSR count). The average molecular weight is 325 g/mol. The average Bonchev–Trinajstić information content (AvgIpc) is 2.25. The number of rotatable bonds is 7. The van der Waals surface area contributed by atoms with Gasteiger partial charge in [-0.25, -0.2) is 0 Å². The topological polar surface area (TPSA) is 129 Å². The van der Waals surface area contributed by atoms with E-state index in [4.69, 9.17) is 0 Å². The van der Waals surface area contributed by atoms with E-state index in [0.29, 0.717) is 0 Å². The van der Waals surface area contributed by atoms with Crippen LogP contribution in [0.5, 0.6) is 0 Å². The summed E-state index contributed by atoms with van der Waals surface area (Å²) in [6.45, 7) is 0. The van der Waals surface area contributed by atoms with Gasteiger partial charge in [-0.3, -0.25) is 0 Å². The maximum absolute atomic E-state index is 11.0. The Morgan fingerprint density at radius 3 is 1.60 bits per heavy atom. The molecule has 0 aliphatic heterocycles. The molecule has 0 atom stereocenters. The summed E-state index contributed by atoms with van der Waals surface area (Å²) < 4.78 is 78.4. The first-order chi connectivity index (χ1) is 6.93. The lowest BCUT2D eigenvalue weighted by atomic mass is 15.8. The van der Waals surface area contributed by atoms with E-state index >= 15 is 0 Å². The van der Waals surface area contributed by atoms with E-state index in [0.717, 1.165) is 0 Å². The minimum absolute atomic E-state index is 1.34. The second-order valence-corrected chi connectivity index (χ2v) is 22.6. The van der Waals surface area contributed by atoms with E-state index < -0.39 is 57.9 Å². The van der Waals surface area contributed by atoms with Crippen molar-refractivity contribution in [2.24, 2.45) is 0 Å². The molecule has 0 aliphatic rings. The molecule has 0 aromatic carbocycles. The second-order valence-electron chi connectivity index (χ2n) is 1.87. The normalized spacial score (nSPS) is 8.53. The number of hydrogen-bond donors (Lipinski definition) is 0. The lowest BCUT2D eigenvalue weighted by Gasteiger charge is -1.92. The van der Waals surface area contributed by atoms with Crippen LogP contribution in [-0.4, -0.2) is 57.9 Å². The third-order valence-electron chi connectivity index (χ3n) is 0.948. The molecule has 0 N–H and O–H groups in total. The van der Waals surface area contributed by atoms with Gasteiger partial charge in [0.1, 0.15) is 0 Å². The Balaban J connectivity index is 4.51. The summed E-state index contributed by atoms with van der Waals surface area (Å²) in [5, 5.41) is 0. The van der Waals surface area contributed by atoms with Gasteiger partial charge in [-0.1, -0.05) is 0 Å². The SMILES string of the molecule is O=[Si][Si](=O)[Si](=O)O[Si](=O)[Si](=O)[Si](=O)[Si]=O. The van der Waals surface area contributed by atoms with Crippen LogP contribution in [0.15, 0.2) is 0 Å². The number of hydrogen-bond acceptors (Lipinski definition) is 8. The van der Waals surface area contributed by atoms with Gasteiger partial charge in [-0.2, -0.15) is 0 Å². The first-order valence-corrected chi connectivity index (χ1v) is 16.8. The van der Waals surface area contributed by atoms with Crippen LogP contribution < -0.4 is 0 Å². The van der Waals surface area contributed by atoms with Crippen molar-refractivity contribution in [2.45, 2.75) is 0 Å². The zero-order valence-corrected chi connectivity index (χ0v) is 13.8. The van der Waals surface area contributed by atoms with E-state index in [9.17, 15) is 31.2 Å². The molecule has 0 heterocycles. The second kappa shape index (κ2) is 7.23. The van der Waals surface area contributed by atoms with Crippen molar-refractivity contribution in [1.29, 1.82) is 0 Å². The maximum atomic E-state index is 11.0. The van der Waals surface area contributed by atoms with Gasteiger partial charge in [0.25, 0.3) is 0 Å². The minimum Gasteiger partial charge on any atom is -0.522 e. The van der Waals surface area contributed by atoms with E-state index in [-0.39, 0.29) is 0 Å². The molecular formula is O8Si7. The summed E-state index contributed by atoms with van der Waals surface area (Å²) in [5.74, 6) is 0. The fourth-order valence-corrected chi connectivity index (χ4v) is 17.6. The maximum Gasteiger partial charge on any atom is 0.539 e. The van der Waals surface area contributed by atoms with Crippen LogP contribution >= 0.6 is 0 Å². The molecule has 8 nitrogen and oxygen atoms in total. The van der Waals surface area contributed by atoms with Crippen molar-refractivity contribution in [2.75, 3.05) is 0 Å². The van der Waals surface area contributed by atoms with Crippen molar-refractivity contribution < 1.29 is 35.3 Å². The van der Waals surface area contributed by atoms with Crippen LogP contribution in [0.3, 0.4) is 0 Å². The molecule has 0 aromatic heterocycles. The van der Waals surface area contributed by atoms with E-state index in [1.807, 2.05) is 0 Å². The van der Waals surface area contributed by atoms with Crippen LogP contribution in [0, 0.1) is 0 Å². The van der Waals surface area contributed by atoms with Gasteiger partial charge < -0.3 is 35.3 Å². The molecule has 15 heteroatoms. The molecule has 0 saturated carbocycles. The molecule has 0 unspecified atom stereocenters. The Hall–Kier alpha value is -0.0818. The quantitative estimate of drug-likeness (QED) is 0.440. The molecule has 0 amide bonds. The fraction of sp³-hybridized carbons (Fsp3) is 0. The smallest absolute Gasteiger partial charge is 0.522 e. The van der Waals surface area contributed by atoms with Crippen LogP contribution in [0.25, 0.3) is 0 Å². The van der Waals surface area contributed by atoms with E-state index in [2.05, 4.69) is 4.12 Å². The van der Waals surface area contributed by atoms with Gasteiger partial charge in [-0.15, -0.1) is 0 Å². The monoisotopic (exact) mass is 324 g/mol. The summed E-state index contributed by atoms with van der Waals surface area (Å²) in [7, 11) is -18.5. The Morgan fingerprint density at radius 2 is 1.20 bits per heavy atom. The fourth-order valence-electron chi connectivity index (χ4n) is 0.358. The van der Waals surface area contributed by atoms with Crippen molar-refractivity contribution in [3.8, 4) is 0 Å². The lowest BCUT2D eigenvalue weighted by Crippen LogP contribution is -2.39. The highest BCUT2D eigenvalue weighted by Gasteiger charge is 2.38. The lowest BCUT2D eigenvalue weighted by molar-refractivity contribution is 0.431. The van der Waals surface area contributed by atoms with E-state index in [1.165, 1.54) is 0 Å². The molecule has 76 valence electrons.